The van der Waals surface area contributed by atoms with Crippen LogP contribution in [0.5, 0.6) is 0 Å². The standard InChI is InChI=1S/C15H21N3O2/c1-11-7-12(14(19)20-2)8-13(17-11)18-6-4-15(10-18)3-5-16-9-15/h7-8,16H,3-6,9-10H2,1-2H3/t15-/m1/s1. The zero-order valence-electron chi connectivity index (χ0n) is 12.1. The smallest absolute Gasteiger partial charge is 0.338 e. The first-order valence-corrected chi connectivity index (χ1v) is 7.15. The molecule has 0 saturated carbocycles. The van der Waals surface area contributed by atoms with E-state index in [1.807, 2.05) is 13.0 Å². The van der Waals surface area contributed by atoms with Crippen LogP contribution in [0, 0.1) is 12.3 Å². The number of carbonyl (C=O) groups is 1. The highest BCUT2D eigenvalue weighted by Gasteiger charge is 2.40. The highest BCUT2D eigenvalue weighted by molar-refractivity contribution is 5.90. The topological polar surface area (TPSA) is 54.5 Å². The average Bonchev–Trinajstić information content (AvgIpc) is 3.08. The lowest BCUT2D eigenvalue weighted by Crippen LogP contribution is -2.29. The molecule has 2 aliphatic heterocycles. The SMILES string of the molecule is COC(=O)c1cc(C)nc(N2CC[C@@]3(CCNC3)C2)c1. The third-order valence-electron chi connectivity index (χ3n) is 4.46. The molecule has 0 amide bonds. The van der Waals surface area contributed by atoms with Crippen molar-refractivity contribution >= 4 is 11.8 Å². The highest BCUT2D eigenvalue weighted by atomic mass is 16.5. The number of hydrogen-bond acceptors (Lipinski definition) is 5. The minimum absolute atomic E-state index is 0.298. The van der Waals surface area contributed by atoms with Gasteiger partial charge in [0.2, 0.25) is 0 Å². The molecule has 108 valence electrons. The summed E-state index contributed by atoms with van der Waals surface area (Å²) >= 11 is 0. The molecule has 1 N–H and O–H groups in total. The van der Waals surface area contributed by atoms with Gasteiger partial charge in [-0.2, -0.15) is 0 Å². The van der Waals surface area contributed by atoms with Crippen molar-refractivity contribution < 1.29 is 9.53 Å². The average molecular weight is 275 g/mol. The van der Waals surface area contributed by atoms with Crippen molar-refractivity contribution in [3.8, 4) is 0 Å². The lowest BCUT2D eigenvalue weighted by atomic mass is 9.87. The van der Waals surface area contributed by atoms with Gasteiger partial charge in [0.15, 0.2) is 0 Å². The molecule has 2 saturated heterocycles. The van der Waals surface area contributed by atoms with Crippen molar-refractivity contribution in [3.63, 3.8) is 0 Å². The summed E-state index contributed by atoms with van der Waals surface area (Å²) in [4.78, 5) is 18.6. The van der Waals surface area contributed by atoms with Crippen molar-refractivity contribution in [3.05, 3.63) is 23.4 Å². The van der Waals surface area contributed by atoms with Crippen molar-refractivity contribution in [2.45, 2.75) is 19.8 Å². The van der Waals surface area contributed by atoms with Gasteiger partial charge in [0, 0.05) is 30.7 Å². The molecule has 0 bridgehead atoms. The number of aryl methyl sites for hydroxylation is 1. The summed E-state index contributed by atoms with van der Waals surface area (Å²) in [5, 5.41) is 3.46. The lowest BCUT2D eigenvalue weighted by molar-refractivity contribution is 0.0600. The summed E-state index contributed by atoms with van der Waals surface area (Å²) in [5.74, 6) is 0.599. The molecule has 5 nitrogen and oxygen atoms in total. The summed E-state index contributed by atoms with van der Waals surface area (Å²) in [6.45, 7) is 6.16. The van der Waals surface area contributed by atoms with E-state index in [-0.39, 0.29) is 5.97 Å². The normalized spacial score (nSPS) is 25.4. The van der Waals surface area contributed by atoms with Crippen LogP contribution in [-0.4, -0.2) is 44.2 Å². The van der Waals surface area contributed by atoms with Gasteiger partial charge >= 0.3 is 5.97 Å². The van der Waals surface area contributed by atoms with E-state index < -0.39 is 0 Å². The minimum Gasteiger partial charge on any atom is -0.465 e. The molecular weight excluding hydrogens is 254 g/mol. The number of pyridine rings is 1. The van der Waals surface area contributed by atoms with Gasteiger partial charge in [-0.3, -0.25) is 0 Å². The van der Waals surface area contributed by atoms with Crippen LogP contribution >= 0.6 is 0 Å². The number of aromatic nitrogens is 1. The molecule has 0 radical (unpaired) electrons. The molecule has 1 atom stereocenters. The highest BCUT2D eigenvalue weighted by Crippen LogP contribution is 2.37. The quantitative estimate of drug-likeness (QED) is 0.826. The summed E-state index contributed by atoms with van der Waals surface area (Å²) in [7, 11) is 1.41. The molecule has 3 heterocycles. The predicted molar refractivity (Wildman–Crippen MR) is 77.1 cm³/mol. The van der Waals surface area contributed by atoms with Crippen LogP contribution < -0.4 is 10.2 Å². The van der Waals surface area contributed by atoms with E-state index in [0.717, 1.165) is 37.7 Å². The molecule has 3 rings (SSSR count). The molecule has 0 unspecified atom stereocenters. The second-order valence-corrected chi connectivity index (χ2v) is 5.95. The molecule has 2 aliphatic rings. The fourth-order valence-electron chi connectivity index (χ4n) is 3.32. The fourth-order valence-corrected chi connectivity index (χ4v) is 3.32. The largest absolute Gasteiger partial charge is 0.465 e. The Morgan fingerprint density at radius 3 is 3.00 bits per heavy atom. The van der Waals surface area contributed by atoms with Crippen molar-refractivity contribution in [2.75, 3.05) is 38.2 Å². The Bertz CT molecular complexity index is 524. The number of hydrogen-bond donors (Lipinski definition) is 1. The summed E-state index contributed by atoms with van der Waals surface area (Å²) < 4.78 is 4.81. The van der Waals surface area contributed by atoms with E-state index in [9.17, 15) is 4.79 Å². The molecular formula is C15H21N3O2. The summed E-state index contributed by atoms with van der Waals surface area (Å²) in [6, 6.07) is 3.62. The molecule has 0 aromatic carbocycles. The maximum absolute atomic E-state index is 11.7. The zero-order chi connectivity index (χ0) is 14.2. The van der Waals surface area contributed by atoms with E-state index in [2.05, 4.69) is 15.2 Å². The maximum Gasteiger partial charge on any atom is 0.338 e. The van der Waals surface area contributed by atoms with Gasteiger partial charge in [-0.25, -0.2) is 9.78 Å². The molecule has 1 spiro atoms. The predicted octanol–water partition coefficient (Wildman–Crippen LogP) is 1.37. The Morgan fingerprint density at radius 2 is 2.30 bits per heavy atom. The first kappa shape index (κ1) is 13.4. The van der Waals surface area contributed by atoms with Crippen molar-refractivity contribution in [1.29, 1.82) is 0 Å². The van der Waals surface area contributed by atoms with Gasteiger partial charge in [0.05, 0.1) is 12.7 Å². The Morgan fingerprint density at radius 1 is 1.45 bits per heavy atom. The van der Waals surface area contributed by atoms with Gasteiger partial charge in [-0.1, -0.05) is 0 Å². The molecule has 1 aromatic rings. The number of methoxy groups -OCH3 is 1. The van der Waals surface area contributed by atoms with Gasteiger partial charge in [0.1, 0.15) is 5.82 Å². The first-order valence-electron chi connectivity index (χ1n) is 7.15. The number of ether oxygens (including phenoxy) is 1. The first-order chi connectivity index (χ1) is 9.62. The Kier molecular flexibility index (Phi) is 3.38. The Balaban J connectivity index is 1.84. The second kappa shape index (κ2) is 5.05. The van der Waals surface area contributed by atoms with Gasteiger partial charge in [-0.05, 0) is 38.4 Å². The third kappa shape index (κ3) is 2.38. The number of rotatable bonds is 2. The van der Waals surface area contributed by atoms with Gasteiger partial charge in [-0.15, -0.1) is 0 Å². The van der Waals surface area contributed by atoms with Crippen LogP contribution in [0.15, 0.2) is 12.1 Å². The van der Waals surface area contributed by atoms with E-state index in [0.29, 0.717) is 11.0 Å². The summed E-state index contributed by atoms with van der Waals surface area (Å²) in [6.07, 6.45) is 2.43. The number of nitrogens with one attached hydrogen (secondary N) is 1. The van der Waals surface area contributed by atoms with E-state index in [1.165, 1.54) is 20.0 Å². The molecule has 1 aromatic heterocycles. The second-order valence-electron chi connectivity index (χ2n) is 5.95. The van der Waals surface area contributed by atoms with Crippen LogP contribution in [0.2, 0.25) is 0 Å². The minimum atomic E-state index is -0.298. The molecule has 2 fully saturated rings. The Hall–Kier alpha value is -1.62. The van der Waals surface area contributed by atoms with Crippen molar-refractivity contribution in [2.24, 2.45) is 5.41 Å². The maximum atomic E-state index is 11.7. The number of carbonyl (C=O) groups excluding carboxylic acids is 1. The zero-order valence-corrected chi connectivity index (χ0v) is 12.1. The van der Waals surface area contributed by atoms with Crippen LogP contribution in [0.3, 0.4) is 0 Å². The van der Waals surface area contributed by atoms with Crippen LogP contribution in [0.4, 0.5) is 5.82 Å². The molecule has 0 aliphatic carbocycles. The number of anilines is 1. The lowest BCUT2D eigenvalue weighted by Gasteiger charge is -2.23. The molecule has 20 heavy (non-hydrogen) atoms. The fraction of sp³-hybridized carbons (Fsp3) is 0.600. The van der Waals surface area contributed by atoms with Gasteiger partial charge < -0.3 is 15.0 Å². The van der Waals surface area contributed by atoms with Crippen LogP contribution in [-0.2, 0) is 4.74 Å². The van der Waals surface area contributed by atoms with Gasteiger partial charge in [0.25, 0.3) is 0 Å². The van der Waals surface area contributed by atoms with E-state index in [1.54, 1.807) is 6.07 Å². The summed E-state index contributed by atoms with van der Waals surface area (Å²) in [5.41, 5.74) is 1.84. The van der Waals surface area contributed by atoms with Crippen LogP contribution in [0.1, 0.15) is 28.9 Å². The van der Waals surface area contributed by atoms with E-state index >= 15 is 0 Å². The number of esters is 1. The Labute approximate surface area is 119 Å². The third-order valence-corrected chi connectivity index (χ3v) is 4.46. The molecule has 5 heteroatoms. The van der Waals surface area contributed by atoms with Crippen molar-refractivity contribution in [1.82, 2.24) is 10.3 Å². The monoisotopic (exact) mass is 275 g/mol. The van der Waals surface area contributed by atoms with E-state index in [4.69, 9.17) is 4.74 Å². The van der Waals surface area contributed by atoms with Crippen LogP contribution in [0.25, 0.3) is 0 Å². The number of nitrogens with zero attached hydrogens (tertiary/aromatic N) is 2.